The molecule has 0 unspecified atom stereocenters. The van der Waals surface area contributed by atoms with Crippen molar-refractivity contribution < 1.29 is 18.9 Å². The normalized spacial score (nSPS) is 30.6. The molecule has 128 valence electrons. The summed E-state index contributed by atoms with van der Waals surface area (Å²) in [6.07, 6.45) is 2.66. The Balaban J connectivity index is 1.71. The zero-order valence-electron chi connectivity index (χ0n) is 14.6. The summed E-state index contributed by atoms with van der Waals surface area (Å²) in [6, 6.07) is 8.03. The van der Waals surface area contributed by atoms with Crippen LogP contribution in [0.1, 0.15) is 58.8 Å². The quantitative estimate of drug-likeness (QED) is 0.835. The van der Waals surface area contributed by atoms with Crippen LogP contribution in [0.5, 0.6) is 5.75 Å². The summed E-state index contributed by atoms with van der Waals surface area (Å²) in [5, 5.41) is 0. The van der Waals surface area contributed by atoms with Gasteiger partial charge in [0.1, 0.15) is 5.75 Å². The molecule has 2 aliphatic rings. The Morgan fingerprint density at radius 1 is 1.09 bits per heavy atom. The number of hydrogen-bond donors (Lipinski definition) is 0. The number of benzene rings is 1. The van der Waals surface area contributed by atoms with Crippen molar-refractivity contribution in [3.05, 3.63) is 29.8 Å². The molecule has 0 aliphatic carbocycles. The highest BCUT2D eigenvalue weighted by atomic mass is 16.7. The van der Waals surface area contributed by atoms with Crippen molar-refractivity contribution >= 4 is 0 Å². The summed E-state index contributed by atoms with van der Waals surface area (Å²) in [4.78, 5) is 0. The van der Waals surface area contributed by atoms with Gasteiger partial charge in [0, 0.05) is 24.8 Å². The Morgan fingerprint density at radius 3 is 2.43 bits per heavy atom. The molecule has 0 bridgehead atoms. The lowest BCUT2D eigenvalue weighted by Gasteiger charge is -2.48. The SMILES string of the molecule is CC(C)Oc1ccc([C@H]2OCC[C@]3(CCOC(C)(C)C3)O2)cc1. The van der Waals surface area contributed by atoms with Crippen molar-refractivity contribution in [3.63, 3.8) is 0 Å². The molecule has 2 fully saturated rings. The Labute approximate surface area is 139 Å². The number of ether oxygens (including phenoxy) is 4. The summed E-state index contributed by atoms with van der Waals surface area (Å²) in [5.41, 5.74) is 0.789. The minimum Gasteiger partial charge on any atom is -0.491 e. The van der Waals surface area contributed by atoms with Crippen molar-refractivity contribution in [1.29, 1.82) is 0 Å². The lowest BCUT2D eigenvalue weighted by Crippen LogP contribution is -2.50. The molecule has 1 aromatic carbocycles. The van der Waals surface area contributed by atoms with E-state index in [1.165, 1.54) is 0 Å². The van der Waals surface area contributed by atoms with Crippen molar-refractivity contribution in [1.82, 2.24) is 0 Å². The van der Waals surface area contributed by atoms with Gasteiger partial charge in [-0.2, -0.15) is 0 Å². The minimum absolute atomic E-state index is 0.127. The van der Waals surface area contributed by atoms with Crippen molar-refractivity contribution in [2.45, 2.75) is 70.6 Å². The largest absolute Gasteiger partial charge is 0.491 e. The molecule has 4 heteroatoms. The highest BCUT2D eigenvalue weighted by molar-refractivity contribution is 5.28. The van der Waals surface area contributed by atoms with E-state index in [2.05, 4.69) is 13.8 Å². The molecule has 3 rings (SSSR count). The first-order valence-electron chi connectivity index (χ1n) is 8.58. The lowest BCUT2D eigenvalue weighted by molar-refractivity contribution is -0.293. The molecule has 4 nitrogen and oxygen atoms in total. The molecular weight excluding hydrogens is 292 g/mol. The molecule has 2 saturated heterocycles. The van der Waals surface area contributed by atoms with E-state index in [4.69, 9.17) is 18.9 Å². The second-order valence-corrected chi connectivity index (χ2v) is 7.52. The zero-order valence-corrected chi connectivity index (χ0v) is 14.6. The van der Waals surface area contributed by atoms with E-state index in [-0.39, 0.29) is 23.6 Å². The van der Waals surface area contributed by atoms with Gasteiger partial charge in [0.2, 0.25) is 0 Å². The average Bonchev–Trinajstić information content (AvgIpc) is 2.46. The summed E-state index contributed by atoms with van der Waals surface area (Å²) >= 11 is 0. The zero-order chi connectivity index (χ0) is 16.5. The topological polar surface area (TPSA) is 36.9 Å². The van der Waals surface area contributed by atoms with Gasteiger partial charge >= 0.3 is 0 Å². The van der Waals surface area contributed by atoms with Gasteiger partial charge in [-0.1, -0.05) is 12.1 Å². The third kappa shape index (κ3) is 4.06. The highest BCUT2D eigenvalue weighted by Gasteiger charge is 2.45. The van der Waals surface area contributed by atoms with Gasteiger partial charge in [0.15, 0.2) is 6.29 Å². The van der Waals surface area contributed by atoms with Gasteiger partial charge in [0.05, 0.1) is 30.5 Å². The van der Waals surface area contributed by atoms with Crippen molar-refractivity contribution in [2.75, 3.05) is 13.2 Å². The van der Waals surface area contributed by atoms with E-state index >= 15 is 0 Å². The first-order valence-corrected chi connectivity index (χ1v) is 8.58. The predicted molar refractivity (Wildman–Crippen MR) is 88.6 cm³/mol. The van der Waals surface area contributed by atoms with Gasteiger partial charge in [-0.15, -0.1) is 0 Å². The Morgan fingerprint density at radius 2 is 1.78 bits per heavy atom. The van der Waals surface area contributed by atoms with Crippen LogP contribution in [0.3, 0.4) is 0 Å². The molecule has 0 radical (unpaired) electrons. The summed E-state index contributed by atoms with van der Waals surface area (Å²) in [7, 11) is 0. The van der Waals surface area contributed by atoms with Crippen molar-refractivity contribution in [2.24, 2.45) is 0 Å². The first-order chi connectivity index (χ1) is 10.9. The fraction of sp³-hybridized carbons (Fsp3) is 0.684. The maximum absolute atomic E-state index is 6.41. The maximum atomic E-state index is 6.41. The van der Waals surface area contributed by atoms with Crippen LogP contribution in [0.4, 0.5) is 0 Å². The Kier molecular flexibility index (Phi) is 4.68. The fourth-order valence-corrected chi connectivity index (χ4v) is 3.55. The van der Waals surface area contributed by atoms with Gasteiger partial charge < -0.3 is 18.9 Å². The highest BCUT2D eigenvalue weighted by Crippen LogP contribution is 2.43. The molecule has 1 spiro atoms. The molecule has 2 aliphatic heterocycles. The molecule has 0 N–H and O–H groups in total. The number of hydrogen-bond acceptors (Lipinski definition) is 4. The predicted octanol–water partition coefficient (Wildman–Crippen LogP) is 4.24. The van der Waals surface area contributed by atoms with Crippen LogP contribution in [0.15, 0.2) is 24.3 Å². The second kappa shape index (κ2) is 6.42. The van der Waals surface area contributed by atoms with Crippen LogP contribution < -0.4 is 4.74 Å². The molecule has 2 heterocycles. The molecule has 0 saturated carbocycles. The van der Waals surface area contributed by atoms with Crippen LogP contribution in [-0.4, -0.2) is 30.5 Å². The third-order valence-electron chi connectivity index (χ3n) is 4.51. The summed E-state index contributed by atoms with van der Waals surface area (Å²) < 4.78 is 23.8. The Hall–Kier alpha value is -1.10. The van der Waals surface area contributed by atoms with Crippen LogP contribution in [0.25, 0.3) is 0 Å². The van der Waals surface area contributed by atoms with Crippen LogP contribution in [0, 0.1) is 0 Å². The molecule has 0 amide bonds. The minimum atomic E-state index is -0.300. The first kappa shape index (κ1) is 16.7. The molecule has 23 heavy (non-hydrogen) atoms. The van der Waals surface area contributed by atoms with Gasteiger partial charge in [-0.05, 0) is 39.8 Å². The monoisotopic (exact) mass is 320 g/mol. The van der Waals surface area contributed by atoms with Gasteiger partial charge in [-0.25, -0.2) is 0 Å². The maximum Gasteiger partial charge on any atom is 0.184 e. The smallest absolute Gasteiger partial charge is 0.184 e. The molecule has 1 aromatic rings. The van der Waals surface area contributed by atoms with Crippen LogP contribution >= 0.6 is 0 Å². The van der Waals surface area contributed by atoms with E-state index in [9.17, 15) is 0 Å². The van der Waals surface area contributed by atoms with E-state index in [0.29, 0.717) is 0 Å². The van der Waals surface area contributed by atoms with E-state index in [1.807, 2.05) is 38.1 Å². The standard InChI is InChI=1S/C19H28O4/c1-14(2)22-16-7-5-15(6-8-16)17-20-11-9-19(23-17)10-12-21-18(3,4)13-19/h5-8,14,17H,9-13H2,1-4H3/t17-,19+/m0/s1. The van der Waals surface area contributed by atoms with Gasteiger partial charge in [0.25, 0.3) is 0 Å². The molecule has 2 atom stereocenters. The van der Waals surface area contributed by atoms with Crippen LogP contribution in [0.2, 0.25) is 0 Å². The average molecular weight is 320 g/mol. The summed E-state index contributed by atoms with van der Waals surface area (Å²) in [6.45, 7) is 9.81. The van der Waals surface area contributed by atoms with Crippen LogP contribution in [-0.2, 0) is 14.2 Å². The summed E-state index contributed by atoms with van der Waals surface area (Å²) in [5.74, 6) is 0.876. The number of rotatable bonds is 3. The lowest BCUT2D eigenvalue weighted by atomic mass is 9.81. The van der Waals surface area contributed by atoms with Crippen molar-refractivity contribution in [3.8, 4) is 5.75 Å². The molecule has 0 aromatic heterocycles. The van der Waals surface area contributed by atoms with E-state index in [0.717, 1.165) is 43.8 Å². The van der Waals surface area contributed by atoms with Gasteiger partial charge in [-0.3, -0.25) is 0 Å². The third-order valence-corrected chi connectivity index (χ3v) is 4.51. The second-order valence-electron chi connectivity index (χ2n) is 7.52. The Bertz CT molecular complexity index is 519. The van der Waals surface area contributed by atoms with E-state index < -0.39 is 0 Å². The van der Waals surface area contributed by atoms with E-state index in [1.54, 1.807) is 0 Å². The molecular formula is C19H28O4. The fourth-order valence-electron chi connectivity index (χ4n) is 3.55.